The molecule has 0 spiro atoms. The van der Waals surface area contributed by atoms with Gasteiger partial charge in [-0.05, 0) is 50.6 Å². The highest BCUT2D eigenvalue weighted by Crippen LogP contribution is 2.40. The summed E-state index contributed by atoms with van der Waals surface area (Å²) < 4.78 is 31.5. The minimum Gasteiger partial charge on any atom is -0.297 e. The molecular weight excluding hydrogens is 383 g/mol. The van der Waals surface area contributed by atoms with Crippen molar-refractivity contribution in [1.29, 1.82) is 0 Å². The van der Waals surface area contributed by atoms with Gasteiger partial charge in [0.2, 0.25) is 7.29 Å². The Morgan fingerprint density at radius 1 is 1.21 bits per heavy atom. The van der Waals surface area contributed by atoms with E-state index in [-0.39, 0.29) is 0 Å². The average Bonchev–Trinajstić information content (AvgIpc) is 3.17. The Morgan fingerprint density at radius 3 is 2.25 bits per heavy atom. The van der Waals surface area contributed by atoms with E-state index in [0.29, 0.717) is 16.2 Å². The summed E-state index contributed by atoms with van der Waals surface area (Å²) in [6.45, 7) is 7.43. The van der Waals surface area contributed by atoms with Crippen molar-refractivity contribution in [3.05, 3.63) is 95.0 Å². The summed E-state index contributed by atoms with van der Waals surface area (Å²) >= 11 is 1.53. The lowest BCUT2D eigenvalue weighted by atomic mass is 10.1. The predicted octanol–water partition coefficient (Wildman–Crippen LogP) is 5.32. The molecule has 1 aromatic heterocycles. The Hall–Kier alpha value is -2.26. The Labute approximate surface area is 174 Å². The molecule has 0 bridgehead atoms. The second-order valence-corrected chi connectivity index (χ2v) is 9.96. The molecule has 0 amide bonds. The molecule has 1 N–H and O–H groups in total. The summed E-state index contributed by atoms with van der Waals surface area (Å²) in [5.74, 6) is 0. The highest BCUT2D eigenvalue weighted by atomic mass is 32.1. The van der Waals surface area contributed by atoms with Crippen LogP contribution in [0.5, 0.6) is 0 Å². The van der Waals surface area contributed by atoms with Crippen molar-refractivity contribution in [3.8, 4) is 0 Å². The first kappa shape index (κ1) is 17.8. The van der Waals surface area contributed by atoms with Gasteiger partial charge in [0.05, 0.1) is 10.7 Å². The summed E-state index contributed by atoms with van der Waals surface area (Å²) in [7, 11) is -3.34. The third-order valence-electron chi connectivity index (χ3n) is 4.30. The van der Waals surface area contributed by atoms with Crippen molar-refractivity contribution in [3.63, 3.8) is 0 Å². The fraction of sp³-hybridized carbons (Fsp3) is 0.174. The SMILES string of the molecule is [2H]C([2H])(C=C)[C@@H](NP(=O)(c1ccccc1)c1ccccc1)C(C)=Cc1csc(C)n1. The predicted molar refractivity (Wildman–Crippen MR) is 122 cm³/mol. The zero-order chi connectivity index (χ0) is 21.8. The zero-order valence-electron chi connectivity index (χ0n) is 18.0. The number of aromatic nitrogens is 1. The Balaban J connectivity index is 2.11. The van der Waals surface area contributed by atoms with Gasteiger partial charge in [-0.2, -0.15) is 0 Å². The second kappa shape index (κ2) is 9.29. The molecule has 144 valence electrons. The third-order valence-corrected chi connectivity index (χ3v) is 7.77. The second-order valence-electron chi connectivity index (χ2n) is 6.39. The van der Waals surface area contributed by atoms with Crippen LogP contribution in [0, 0.1) is 6.92 Å². The van der Waals surface area contributed by atoms with Gasteiger partial charge < -0.3 is 0 Å². The topological polar surface area (TPSA) is 42.0 Å². The van der Waals surface area contributed by atoms with E-state index in [0.717, 1.165) is 10.7 Å². The maximum Gasteiger partial charge on any atom is 0.205 e. The van der Waals surface area contributed by atoms with Crippen LogP contribution in [0.15, 0.2) is 84.3 Å². The molecule has 1 heterocycles. The molecule has 3 nitrogen and oxygen atoms in total. The van der Waals surface area contributed by atoms with Crippen LogP contribution in [0.1, 0.15) is 26.7 Å². The lowest BCUT2D eigenvalue weighted by Gasteiger charge is -2.27. The molecule has 2 aromatic carbocycles. The van der Waals surface area contributed by atoms with Crippen molar-refractivity contribution in [1.82, 2.24) is 10.1 Å². The Morgan fingerprint density at radius 2 is 1.79 bits per heavy atom. The van der Waals surface area contributed by atoms with Gasteiger partial charge in [-0.15, -0.1) is 17.9 Å². The van der Waals surface area contributed by atoms with Gasteiger partial charge in [0, 0.05) is 24.8 Å². The first-order chi connectivity index (χ1) is 14.3. The van der Waals surface area contributed by atoms with E-state index in [9.17, 15) is 4.57 Å². The van der Waals surface area contributed by atoms with Crippen molar-refractivity contribution in [2.24, 2.45) is 0 Å². The minimum absolute atomic E-state index is 0.623. The Kier molecular flexibility index (Phi) is 5.91. The number of nitrogens with zero attached hydrogens (tertiary/aromatic N) is 1. The van der Waals surface area contributed by atoms with E-state index in [1.54, 1.807) is 0 Å². The van der Waals surface area contributed by atoms with E-state index >= 15 is 0 Å². The van der Waals surface area contributed by atoms with Gasteiger partial charge in [-0.25, -0.2) is 4.98 Å². The van der Waals surface area contributed by atoms with Crippen LogP contribution in [-0.4, -0.2) is 11.0 Å². The largest absolute Gasteiger partial charge is 0.297 e. The van der Waals surface area contributed by atoms with Crippen LogP contribution < -0.4 is 15.7 Å². The molecule has 0 radical (unpaired) electrons. The van der Waals surface area contributed by atoms with E-state index in [2.05, 4.69) is 16.7 Å². The van der Waals surface area contributed by atoms with Gasteiger partial charge in [0.25, 0.3) is 0 Å². The number of rotatable bonds is 8. The summed E-state index contributed by atoms with van der Waals surface area (Å²) in [5.41, 5.74) is 1.45. The monoisotopic (exact) mass is 410 g/mol. The summed E-state index contributed by atoms with van der Waals surface area (Å²) in [6.07, 6.45) is 1.27. The summed E-state index contributed by atoms with van der Waals surface area (Å²) in [4.78, 5) is 4.45. The highest BCUT2D eigenvalue weighted by Gasteiger charge is 2.30. The van der Waals surface area contributed by atoms with Crippen molar-refractivity contribution in [2.45, 2.75) is 26.3 Å². The molecule has 0 aliphatic carbocycles. The Bertz CT molecular complexity index is 1040. The van der Waals surface area contributed by atoms with Crippen LogP contribution in [0.3, 0.4) is 0 Å². The average molecular weight is 411 g/mol. The number of thiazole rings is 1. The van der Waals surface area contributed by atoms with Crippen molar-refractivity contribution >= 4 is 35.3 Å². The first-order valence-electron chi connectivity index (χ1n) is 9.99. The van der Waals surface area contributed by atoms with Crippen molar-refractivity contribution < 1.29 is 7.31 Å². The smallest absolute Gasteiger partial charge is 0.205 e. The molecule has 0 fully saturated rings. The van der Waals surface area contributed by atoms with E-state index < -0.39 is 19.7 Å². The molecule has 0 unspecified atom stereocenters. The third kappa shape index (κ3) is 4.77. The first-order valence-corrected chi connectivity index (χ1v) is 11.6. The van der Waals surface area contributed by atoms with Crippen LogP contribution in [0.4, 0.5) is 0 Å². The molecular formula is C23H25N2OPS. The number of aryl methyl sites for hydroxylation is 1. The molecule has 3 aromatic rings. The van der Waals surface area contributed by atoms with Crippen LogP contribution in [0.25, 0.3) is 6.08 Å². The molecule has 0 aliphatic heterocycles. The van der Waals surface area contributed by atoms with Gasteiger partial charge in [0.15, 0.2) is 0 Å². The standard InChI is InChI=1S/C23H25N2OPS/c1-4-11-23(18(2)16-20-17-28-19(3)24-20)25-27(26,21-12-7-5-8-13-21)22-14-9-6-10-15-22/h4-10,12-17,23H,1,11H2,2-3H3,(H,25,26)/t23-/m1/s1/i11D2. The van der Waals surface area contributed by atoms with Gasteiger partial charge in [-0.3, -0.25) is 9.65 Å². The lowest BCUT2D eigenvalue weighted by molar-refractivity contribution is 0.568. The van der Waals surface area contributed by atoms with E-state index in [1.165, 1.54) is 17.4 Å². The molecule has 5 heteroatoms. The number of nitrogens with one attached hydrogen (secondary N) is 1. The quantitative estimate of drug-likeness (QED) is 0.404. The fourth-order valence-electron chi connectivity index (χ4n) is 2.91. The summed E-state index contributed by atoms with van der Waals surface area (Å²) in [6, 6.07) is 17.5. The number of benzene rings is 2. The molecule has 28 heavy (non-hydrogen) atoms. The molecule has 1 atom stereocenters. The number of hydrogen-bond acceptors (Lipinski definition) is 3. The maximum atomic E-state index is 14.4. The van der Waals surface area contributed by atoms with Crippen LogP contribution >= 0.6 is 18.6 Å². The zero-order valence-corrected chi connectivity index (χ0v) is 17.7. The van der Waals surface area contributed by atoms with Crippen LogP contribution in [0.2, 0.25) is 0 Å². The van der Waals surface area contributed by atoms with Gasteiger partial charge in [0.1, 0.15) is 0 Å². The highest BCUT2D eigenvalue weighted by molar-refractivity contribution is 7.76. The van der Waals surface area contributed by atoms with E-state index in [1.807, 2.05) is 86.0 Å². The summed E-state index contributed by atoms with van der Waals surface area (Å²) in [5, 5.41) is 7.30. The molecule has 0 saturated carbocycles. The number of hydrogen-bond donors (Lipinski definition) is 1. The van der Waals surface area contributed by atoms with Crippen molar-refractivity contribution in [2.75, 3.05) is 0 Å². The van der Waals surface area contributed by atoms with E-state index in [4.69, 9.17) is 2.74 Å². The molecule has 0 saturated heterocycles. The fourth-order valence-corrected chi connectivity index (χ4v) is 5.90. The molecule has 0 aliphatic rings. The molecule has 3 rings (SSSR count). The minimum atomic E-state index is -3.34. The maximum absolute atomic E-state index is 14.4. The normalized spacial score (nSPS) is 14.9. The van der Waals surface area contributed by atoms with Gasteiger partial charge in [-0.1, -0.05) is 48.0 Å². The van der Waals surface area contributed by atoms with Crippen LogP contribution in [-0.2, 0) is 4.57 Å². The van der Waals surface area contributed by atoms with Gasteiger partial charge >= 0.3 is 0 Å². The lowest BCUT2D eigenvalue weighted by Crippen LogP contribution is -2.35.